The lowest BCUT2D eigenvalue weighted by Crippen LogP contribution is -2.33. The molecule has 2 aliphatic rings. The van der Waals surface area contributed by atoms with Gasteiger partial charge in [0, 0.05) is 36.5 Å². The zero-order valence-electron chi connectivity index (χ0n) is 15.3. The van der Waals surface area contributed by atoms with Crippen molar-refractivity contribution >= 4 is 23.5 Å². The van der Waals surface area contributed by atoms with Crippen LogP contribution < -0.4 is 10.3 Å². The third-order valence-electron chi connectivity index (χ3n) is 4.69. The van der Waals surface area contributed by atoms with E-state index in [9.17, 15) is 14.9 Å². The van der Waals surface area contributed by atoms with Crippen molar-refractivity contribution in [1.82, 2.24) is 5.43 Å². The number of anilines is 1. The molecular weight excluding hydrogens is 352 g/mol. The van der Waals surface area contributed by atoms with E-state index in [0.717, 1.165) is 31.6 Å². The summed E-state index contributed by atoms with van der Waals surface area (Å²) >= 11 is 0. The standard InChI is InChI=1S/C18H24N4O5/c1-18(26-9-10-27-18)12-17(23)20-19-13-14-11-15(22(24)25)5-6-16(14)21-7-3-2-4-8-21/h5-6,11,13H,2-4,7-10,12H2,1H3,(H,20,23)/b19-13-. The molecule has 0 aliphatic carbocycles. The number of carbonyl (C=O) groups is 1. The maximum absolute atomic E-state index is 12.1. The Morgan fingerprint density at radius 2 is 2.04 bits per heavy atom. The highest BCUT2D eigenvalue weighted by Crippen LogP contribution is 2.27. The average molecular weight is 376 g/mol. The highest BCUT2D eigenvalue weighted by atomic mass is 16.7. The van der Waals surface area contributed by atoms with E-state index in [1.54, 1.807) is 13.0 Å². The second-order valence-electron chi connectivity index (χ2n) is 6.85. The fourth-order valence-corrected chi connectivity index (χ4v) is 3.35. The van der Waals surface area contributed by atoms with Gasteiger partial charge in [-0.3, -0.25) is 14.9 Å². The van der Waals surface area contributed by atoms with E-state index < -0.39 is 10.7 Å². The number of nitrogens with one attached hydrogen (secondary N) is 1. The third-order valence-corrected chi connectivity index (χ3v) is 4.69. The molecule has 0 atom stereocenters. The van der Waals surface area contributed by atoms with Crippen molar-refractivity contribution in [3.63, 3.8) is 0 Å². The number of non-ortho nitro benzene ring substituents is 1. The molecule has 9 heteroatoms. The van der Waals surface area contributed by atoms with Crippen LogP contribution in [0, 0.1) is 10.1 Å². The van der Waals surface area contributed by atoms with Gasteiger partial charge in [-0.15, -0.1) is 0 Å². The van der Waals surface area contributed by atoms with Gasteiger partial charge in [0.15, 0.2) is 5.79 Å². The van der Waals surface area contributed by atoms with E-state index in [0.29, 0.717) is 18.8 Å². The van der Waals surface area contributed by atoms with Gasteiger partial charge in [0.2, 0.25) is 5.91 Å². The summed E-state index contributed by atoms with van der Waals surface area (Å²) in [6.45, 7) is 4.42. The molecule has 9 nitrogen and oxygen atoms in total. The van der Waals surface area contributed by atoms with Crippen LogP contribution in [0.1, 0.15) is 38.2 Å². The fourth-order valence-electron chi connectivity index (χ4n) is 3.35. The molecule has 146 valence electrons. The Hall–Kier alpha value is -2.52. The molecule has 1 aromatic rings. The summed E-state index contributed by atoms with van der Waals surface area (Å²) in [5.74, 6) is -1.27. The molecule has 0 unspecified atom stereocenters. The predicted octanol–water partition coefficient (Wildman–Crippen LogP) is 2.19. The molecule has 0 aromatic heterocycles. The van der Waals surface area contributed by atoms with Gasteiger partial charge < -0.3 is 14.4 Å². The van der Waals surface area contributed by atoms with Crippen LogP contribution in [0.15, 0.2) is 23.3 Å². The van der Waals surface area contributed by atoms with Crippen molar-refractivity contribution in [3.8, 4) is 0 Å². The number of benzene rings is 1. The Kier molecular flexibility index (Phi) is 6.02. The molecule has 0 saturated carbocycles. The summed E-state index contributed by atoms with van der Waals surface area (Å²) in [7, 11) is 0. The fraction of sp³-hybridized carbons (Fsp3) is 0.556. The smallest absolute Gasteiger partial charge is 0.270 e. The number of piperidine rings is 1. The first-order chi connectivity index (χ1) is 13.0. The third kappa shape index (κ3) is 5.01. The van der Waals surface area contributed by atoms with Gasteiger partial charge in [-0.05, 0) is 32.3 Å². The first kappa shape index (κ1) is 19.2. The molecule has 3 rings (SSSR count). The Morgan fingerprint density at radius 3 is 2.70 bits per heavy atom. The summed E-state index contributed by atoms with van der Waals surface area (Å²) < 4.78 is 10.8. The van der Waals surface area contributed by atoms with Gasteiger partial charge in [-0.25, -0.2) is 5.43 Å². The second kappa shape index (κ2) is 8.45. The van der Waals surface area contributed by atoms with Crippen LogP contribution in [0.2, 0.25) is 0 Å². The summed E-state index contributed by atoms with van der Waals surface area (Å²) in [5.41, 5.74) is 3.92. The molecule has 2 saturated heterocycles. The number of rotatable bonds is 6. The molecule has 1 N–H and O–H groups in total. The molecule has 2 heterocycles. The van der Waals surface area contributed by atoms with Crippen molar-refractivity contribution < 1.29 is 19.2 Å². The lowest BCUT2D eigenvalue weighted by Gasteiger charge is -2.29. The van der Waals surface area contributed by atoms with Crippen LogP contribution in [0.25, 0.3) is 0 Å². The number of carbonyl (C=O) groups excluding carboxylic acids is 1. The van der Waals surface area contributed by atoms with Crippen LogP contribution in [0.5, 0.6) is 0 Å². The van der Waals surface area contributed by atoms with Gasteiger partial charge in [0.1, 0.15) is 0 Å². The molecule has 2 aliphatic heterocycles. The Balaban J connectivity index is 1.71. The topological polar surface area (TPSA) is 106 Å². The highest BCUT2D eigenvalue weighted by molar-refractivity contribution is 5.90. The minimum absolute atomic E-state index is 0.0104. The van der Waals surface area contributed by atoms with Crippen molar-refractivity contribution in [3.05, 3.63) is 33.9 Å². The van der Waals surface area contributed by atoms with E-state index >= 15 is 0 Å². The van der Waals surface area contributed by atoms with E-state index in [1.165, 1.54) is 24.8 Å². The molecule has 0 spiro atoms. The summed E-state index contributed by atoms with van der Waals surface area (Å²) in [6.07, 6.45) is 4.84. The Labute approximate surface area is 157 Å². The normalized spacial score (nSPS) is 19.4. The number of nitro groups is 1. The number of nitro benzene ring substituents is 1. The molecular formula is C18H24N4O5. The van der Waals surface area contributed by atoms with Crippen molar-refractivity contribution in [2.24, 2.45) is 5.10 Å². The molecule has 0 radical (unpaired) electrons. The van der Waals surface area contributed by atoms with Crippen molar-refractivity contribution in [2.75, 3.05) is 31.2 Å². The number of hydrogen-bond donors (Lipinski definition) is 1. The van der Waals surface area contributed by atoms with Crippen LogP contribution in [-0.4, -0.2) is 49.1 Å². The monoisotopic (exact) mass is 376 g/mol. The summed E-state index contributed by atoms with van der Waals surface area (Å²) in [5, 5.41) is 15.1. The largest absolute Gasteiger partial charge is 0.371 e. The first-order valence-corrected chi connectivity index (χ1v) is 9.10. The minimum Gasteiger partial charge on any atom is -0.371 e. The van der Waals surface area contributed by atoms with Crippen molar-refractivity contribution in [2.45, 2.75) is 38.4 Å². The molecule has 1 amide bonds. The maximum atomic E-state index is 12.1. The molecule has 0 bridgehead atoms. The second-order valence-corrected chi connectivity index (χ2v) is 6.85. The molecule has 27 heavy (non-hydrogen) atoms. The summed E-state index contributed by atoms with van der Waals surface area (Å²) in [4.78, 5) is 24.9. The van der Waals surface area contributed by atoms with Crippen molar-refractivity contribution in [1.29, 1.82) is 0 Å². The van der Waals surface area contributed by atoms with Crippen LogP contribution in [0.3, 0.4) is 0 Å². The van der Waals surface area contributed by atoms with Crippen LogP contribution in [-0.2, 0) is 14.3 Å². The zero-order valence-corrected chi connectivity index (χ0v) is 15.3. The van der Waals surface area contributed by atoms with E-state index in [-0.39, 0.29) is 18.0 Å². The molecule has 2 fully saturated rings. The number of ether oxygens (including phenoxy) is 2. The number of nitrogens with zero attached hydrogens (tertiary/aromatic N) is 3. The Morgan fingerprint density at radius 1 is 1.33 bits per heavy atom. The molecule has 1 aromatic carbocycles. The number of amides is 1. The quantitative estimate of drug-likeness (QED) is 0.463. The van der Waals surface area contributed by atoms with E-state index in [4.69, 9.17) is 9.47 Å². The average Bonchev–Trinajstić information content (AvgIpc) is 3.08. The van der Waals surface area contributed by atoms with Crippen LogP contribution in [0.4, 0.5) is 11.4 Å². The van der Waals surface area contributed by atoms with Gasteiger partial charge in [-0.2, -0.15) is 5.10 Å². The lowest BCUT2D eigenvalue weighted by molar-refractivity contribution is -0.384. The highest BCUT2D eigenvalue weighted by Gasteiger charge is 2.33. The minimum atomic E-state index is -0.926. The Bertz CT molecular complexity index is 724. The van der Waals surface area contributed by atoms with Crippen LogP contribution >= 0.6 is 0 Å². The zero-order chi connectivity index (χ0) is 19.3. The van der Waals surface area contributed by atoms with Gasteiger partial charge in [0.25, 0.3) is 5.69 Å². The number of hydrogen-bond acceptors (Lipinski definition) is 7. The van der Waals surface area contributed by atoms with E-state index in [2.05, 4.69) is 15.4 Å². The van der Waals surface area contributed by atoms with Gasteiger partial charge in [0.05, 0.1) is 30.8 Å². The maximum Gasteiger partial charge on any atom is 0.270 e. The lowest BCUT2D eigenvalue weighted by atomic mass is 10.1. The summed E-state index contributed by atoms with van der Waals surface area (Å²) in [6, 6.07) is 4.72. The van der Waals surface area contributed by atoms with E-state index in [1.807, 2.05) is 0 Å². The van der Waals surface area contributed by atoms with Gasteiger partial charge >= 0.3 is 0 Å². The SMILES string of the molecule is CC1(CC(=O)N/N=C\c2cc([N+](=O)[O-])ccc2N2CCCCC2)OCCO1. The van der Waals surface area contributed by atoms with Gasteiger partial charge in [-0.1, -0.05) is 0 Å². The number of hydrazone groups is 1. The predicted molar refractivity (Wildman–Crippen MR) is 99.8 cm³/mol. The first-order valence-electron chi connectivity index (χ1n) is 9.10.